The fourth-order valence-corrected chi connectivity index (χ4v) is 4.88. The van der Waals surface area contributed by atoms with E-state index < -0.39 is 6.04 Å². The van der Waals surface area contributed by atoms with Crippen LogP contribution in [-0.4, -0.2) is 47.9 Å². The van der Waals surface area contributed by atoms with E-state index in [4.69, 9.17) is 10.5 Å². The number of urea groups is 1. The highest BCUT2D eigenvalue weighted by Crippen LogP contribution is 2.28. The zero-order chi connectivity index (χ0) is 27.9. The molecule has 0 bridgehead atoms. The maximum atomic E-state index is 13.7. The topological polar surface area (TPSA) is 122 Å². The second kappa shape index (κ2) is 12.4. The van der Waals surface area contributed by atoms with Crippen LogP contribution in [0.2, 0.25) is 0 Å². The van der Waals surface area contributed by atoms with Gasteiger partial charge in [0, 0.05) is 41.7 Å². The number of benzene rings is 3. The van der Waals surface area contributed by atoms with Gasteiger partial charge in [0.1, 0.15) is 17.6 Å². The minimum Gasteiger partial charge on any atom is -0.494 e. The Bertz CT molecular complexity index is 1500. The van der Waals surface area contributed by atoms with Crippen LogP contribution in [0.15, 0.2) is 79.0 Å². The summed E-state index contributed by atoms with van der Waals surface area (Å²) in [4.78, 5) is 32.1. The normalized spacial score (nSPS) is 13.6. The number of ketones is 1. The van der Waals surface area contributed by atoms with E-state index in [0.29, 0.717) is 23.9 Å². The van der Waals surface area contributed by atoms with Crippen LogP contribution in [0.1, 0.15) is 31.4 Å². The third-order valence-electron chi connectivity index (χ3n) is 6.90. The summed E-state index contributed by atoms with van der Waals surface area (Å²) in [7, 11) is 0. The molecule has 9 heteroatoms. The lowest BCUT2D eigenvalue weighted by Gasteiger charge is -2.21. The average molecular weight is 539 g/mol. The Balaban J connectivity index is 1.33. The van der Waals surface area contributed by atoms with Crippen molar-refractivity contribution in [2.45, 2.75) is 25.8 Å². The first-order chi connectivity index (χ1) is 19.5. The lowest BCUT2D eigenvalue weighted by molar-refractivity contribution is -0.118. The number of hydrogen-bond acceptors (Lipinski definition) is 7. The number of nitrogens with two attached hydrogens (primary N) is 1. The first-order valence-electron chi connectivity index (χ1n) is 13.6. The minimum atomic E-state index is -0.636. The Hall–Kier alpha value is -4.79. The summed E-state index contributed by atoms with van der Waals surface area (Å²) < 4.78 is 5.69. The standard InChI is InChI=1S/C31H34N6O3/c1-2-40-26-10-5-7-22(18-26)29(35-25-11-12-27-21(17-25)13-14-33-30(27)32)28(38)20-34-23-8-6-9-24(19-23)36-31(39)37-15-3-4-16-37/h5-14,17-19,29,34-35H,2-4,15-16,20H2,1H3,(H2,32,33)(H,36,39). The van der Waals surface area contributed by atoms with Gasteiger partial charge in [-0.2, -0.15) is 0 Å². The fourth-order valence-electron chi connectivity index (χ4n) is 4.88. The molecule has 1 aromatic heterocycles. The van der Waals surface area contributed by atoms with Crippen molar-refractivity contribution in [1.82, 2.24) is 9.88 Å². The van der Waals surface area contributed by atoms with Gasteiger partial charge in [-0.15, -0.1) is 0 Å². The molecule has 9 nitrogen and oxygen atoms in total. The molecule has 1 aliphatic rings. The first-order valence-corrected chi connectivity index (χ1v) is 13.6. The van der Waals surface area contributed by atoms with Crippen LogP contribution in [0, 0.1) is 0 Å². The van der Waals surface area contributed by atoms with E-state index in [1.54, 1.807) is 6.20 Å². The number of fused-ring (bicyclic) bond motifs is 1. The van der Waals surface area contributed by atoms with Crippen LogP contribution in [-0.2, 0) is 4.79 Å². The molecule has 4 aromatic rings. The number of nitrogens with zero attached hydrogens (tertiary/aromatic N) is 2. The number of rotatable bonds is 10. The van der Waals surface area contributed by atoms with E-state index in [2.05, 4.69) is 20.9 Å². The zero-order valence-electron chi connectivity index (χ0n) is 22.5. The maximum Gasteiger partial charge on any atom is 0.321 e. The Kier molecular flexibility index (Phi) is 8.29. The van der Waals surface area contributed by atoms with E-state index in [9.17, 15) is 9.59 Å². The number of carbonyl (C=O) groups is 2. The number of Topliss-reactive ketones (excluding diaryl/α,β-unsaturated/α-hetero) is 1. The number of ether oxygens (including phenoxy) is 1. The first kappa shape index (κ1) is 26.8. The molecule has 1 aliphatic heterocycles. The van der Waals surface area contributed by atoms with Gasteiger partial charge in [0.25, 0.3) is 0 Å². The van der Waals surface area contributed by atoms with Gasteiger partial charge in [-0.3, -0.25) is 4.79 Å². The van der Waals surface area contributed by atoms with Crippen LogP contribution in [0.3, 0.4) is 0 Å². The largest absolute Gasteiger partial charge is 0.494 e. The van der Waals surface area contributed by atoms with Crippen LogP contribution in [0.25, 0.3) is 10.8 Å². The molecule has 0 spiro atoms. The van der Waals surface area contributed by atoms with Crippen LogP contribution in [0.4, 0.5) is 27.7 Å². The second-order valence-corrected chi connectivity index (χ2v) is 9.74. The molecule has 0 aliphatic carbocycles. The highest BCUT2D eigenvalue weighted by Gasteiger charge is 2.22. The molecule has 1 saturated heterocycles. The van der Waals surface area contributed by atoms with Crippen LogP contribution < -0.4 is 26.4 Å². The highest BCUT2D eigenvalue weighted by molar-refractivity contribution is 5.95. The summed E-state index contributed by atoms with van der Waals surface area (Å²) in [5.74, 6) is 1.10. The molecule has 2 heterocycles. The summed E-state index contributed by atoms with van der Waals surface area (Å²) in [5.41, 5.74) is 9.01. The number of aromatic nitrogens is 1. The van der Waals surface area contributed by atoms with Crippen molar-refractivity contribution in [3.05, 3.63) is 84.6 Å². The van der Waals surface area contributed by atoms with Gasteiger partial charge in [-0.25, -0.2) is 9.78 Å². The molecule has 1 unspecified atom stereocenters. The molecule has 0 saturated carbocycles. The van der Waals surface area contributed by atoms with E-state index in [-0.39, 0.29) is 18.4 Å². The highest BCUT2D eigenvalue weighted by atomic mass is 16.5. The van der Waals surface area contributed by atoms with Crippen molar-refractivity contribution in [1.29, 1.82) is 0 Å². The van der Waals surface area contributed by atoms with Gasteiger partial charge in [-0.05, 0) is 85.3 Å². The molecule has 206 valence electrons. The number of hydrogen-bond donors (Lipinski definition) is 4. The molecular formula is C31H34N6O3. The minimum absolute atomic E-state index is 0.0607. The van der Waals surface area contributed by atoms with Gasteiger partial charge in [0.15, 0.2) is 5.78 Å². The number of anilines is 4. The number of amides is 2. The molecule has 5 rings (SSSR count). The smallest absolute Gasteiger partial charge is 0.321 e. The van der Waals surface area contributed by atoms with Crippen molar-refractivity contribution in [3.63, 3.8) is 0 Å². The SMILES string of the molecule is CCOc1cccc(C(Nc2ccc3c(N)nccc3c2)C(=O)CNc2cccc(NC(=O)N3CCCC3)c2)c1. The number of nitrogen functional groups attached to an aromatic ring is 1. The van der Waals surface area contributed by atoms with Gasteiger partial charge in [-0.1, -0.05) is 18.2 Å². The van der Waals surface area contributed by atoms with Crippen molar-refractivity contribution >= 4 is 45.5 Å². The molecule has 2 amide bonds. The molecule has 40 heavy (non-hydrogen) atoms. The van der Waals surface area contributed by atoms with Crippen molar-refractivity contribution < 1.29 is 14.3 Å². The Morgan fingerprint density at radius 1 is 0.975 bits per heavy atom. The Labute approximate surface area is 233 Å². The number of nitrogens with one attached hydrogen (secondary N) is 3. The van der Waals surface area contributed by atoms with Crippen LogP contribution >= 0.6 is 0 Å². The summed E-state index contributed by atoms with van der Waals surface area (Å²) in [6, 6.07) is 21.9. The molecule has 0 radical (unpaired) electrons. The van der Waals surface area contributed by atoms with Crippen molar-refractivity contribution in [3.8, 4) is 5.75 Å². The monoisotopic (exact) mass is 538 g/mol. The third-order valence-corrected chi connectivity index (χ3v) is 6.90. The van der Waals surface area contributed by atoms with E-state index in [0.717, 1.165) is 53.6 Å². The van der Waals surface area contributed by atoms with E-state index in [1.807, 2.05) is 84.6 Å². The summed E-state index contributed by atoms with van der Waals surface area (Å²) in [6.45, 7) is 4.08. The Morgan fingerprint density at radius 3 is 2.60 bits per heavy atom. The summed E-state index contributed by atoms with van der Waals surface area (Å²) in [5, 5.41) is 11.4. The molecule has 3 aromatic carbocycles. The van der Waals surface area contributed by atoms with Gasteiger partial charge >= 0.3 is 6.03 Å². The second-order valence-electron chi connectivity index (χ2n) is 9.74. The fraction of sp³-hybridized carbons (Fsp3) is 0.258. The third kappa shape index (κ3) is 6.43. The molecule has 5 N–H and O–H groups in total. The molecule has 1 fully saturated rings. The lowest BCUT2D eigenvalue weighted by atomic mass is 10.0. The molecular weight excluding hydrogens is 504 g/mol. The van der Waals surface area contributed by atoms with Gasteiger partial charge in [0.05, 0.1) is 13.2 Å². The predicted molar refractivity (Wildman–Crippen MR) is 160 cm³/mol. The van der Waals surface area contributed by atoms with Gasteiger partial charge < -0.3 is 31.3 Å². The predicted octanol–water partition coefficient (Wildman–Crippen LogP) is 5.68. The quantitative estimate of drug-likeness (QED) is 0.205. The number of pyridine rings is 1. The summed E-state index contributed by atoms with van der Waals surface area (Å²) >= 11 is 0. The van der Waals surface area contributed by atoms with Gasteiger partial charge in [0.2, 0.25) is 0 Å². The zero-order valence-corrected chi connectivity index (χ0v) is 22.5. The average Bonchev–Trinajstić information content (AvgIpc) is 3.51. The van der Waals surface area contributed by atoms with Crippen LogP contribution in [0.5, 0.6) is 5.75 Å². The Morgan fingerprint density at radius 2 is 1.77 bits per heavy atom. The van der Waals surface area contributed by atoms with Crippen molar-refractivity contribution in [2.24, 2.45) is 0 Å². The lowest BCUT2D eigenvalue weighted by Crippen LogP contribution is -2.32. The number of carbonyl (C=O) groups excluding carboxylic acids is 2. The van der Waals surface area contributed by atoms with E-state index >= 15 is 0 Å². The van der Waals surface area contributed by atoms with E-state index in [1.165, 1.54) is 0 Å². The van der Waals surface area contributed by atoms with Crippen molar-refractivity contribution in [2.75, 3.05) is 47.9 Å². The summed E-state index contributed by atoms with van der Waals surface area (Å²) in [6.07, 6.45) is 3.73. The maximum absolute atomic E-state index is 13.7. The number of likely N-dealkylation sites (tertiary alicyclic amines) is 1. The molecule has 1 atom stereocenters.